The molecular weight excluding hydrogens is 337 g/mol. The van der Waals surface area contributed by atoms with Gasteiger partial charge in [-0.25, -0.2) is 14.1 Å². The molecule has 0 aliphatic heterocycles. The maximum absolute atomic E-state index is 13.7. The van der Waals surface area contributed by atoms with Crippen LogP contribution in [0.3, 0.4) is 0 Å². The summed E-state index contributed by atoms with van der Waals surface area (Å²) in [6.07, 6.45) is 1.54. The maximum atomic E-state index is 13.7. The van der Waals surface area contributed by atoms with Crippen molar-refractivity contribution in [2.24, 2.45) is 0 Å². The van der Waals surface area contributed by atoms with Crippen molar-refractivity contribution in [3.8, 4) is 0 Å². The number of rotatable bonds is 4. The highest BCUT2D eigenvalue weighted by Gasteiger charge is 2.07. The van der Waals surface area contributed by atoms with Gasteiger partial charge in [0, 0.05) is 11.3 Å². The zero-order valence-electron chi connectivity index (χ0n) is 14.0. The van der Waals surface area contributed by atoms with Crippen LogP contribution < -0.4 is 10.6 Å². The van der Waals surface area contributed by atoms with Crippen molar-refractivity contribution >= 4 is 29.0 Å². The number of benzene rings is 2. The predicted octanol–water partition coefficient (Wildman–Crippen LogP) is 3.89. The van der Waals surface area contributed by atoms with Crippen LogP contribution in [0.15, 0.2) is 48.8 Å². The molecular formula is C18H18FN5S. The highest BCUT2D eigenvalue weighted by atomic mass is 32.1. The SMILES string of the molecule is Cc1ccc(NC(=S)Nc2ncn(Cc3ccccc3F)n2)cc1C. The van der Waals surface area contributed by atoms with Gasteiger partial charge in [0.05, 0.1) is 6.54 Å². The fraction of sp³-hybridized carbons (Fsp3) is 0.167. The second-order valence-corrected chi connectivity index (χ2v) is 6.14. The van der Waals surface area contributed by atoms with E-state index in [0.29, 0.717) is 23.2 Å². The highest BCUT2D eigenvalue weighted by molar-refractivity contribution is 7.80. The lowest BCUT2D eigenvalue weighted by molar-refractivity contribution is 0.585. The minimum atomic E-state index is -0.264. The summed E-state index contributed by atoms with van der Waals surface area (Å²) in [5.41, 5.74) is 3.85. The first-order valence-corrected chi connectivity index (χ1v) is 8.20. The van der Waals surface area contributed by atoms with E-state index in [2.05, 4.69) is 27.6 Å². The van der Waals surface area contributed by atoms with Crippen LogP contribution in [0.1, 0.15) is 16.7 Å². The molecule has 25 heavy (non-hydrogen) atoms. The van der Waals surface area contributed by atoms with Gasteiger partial charge in [-0.15, -0.1) is 5.10 Å². The average molecular weight is 355 g/mol. The standard InChI is InChI=1S/C18H18FN5S/c1-12-7-8-15(9-13(12)2)21-18(25)22-17-20-11-24(23-17)10-14-5-3-4-6-16(14)19/h3-9,11H,10H2,1-2H3,(H2,21,22,23,25). The number of anilines is 2. The Kier molecular flexibility index (Phi) is 5.04. The lowest BCUT2D eigenvalue weighted by Crippen LogP contribution is -2.20. The van der Waals surface area contributed by atoms with Gasteiger partial charge in [0.2, 0.25) is 5.95 Å². The van der Waals surface area contributed by atoms with Crippen LogP contribution in [0.25, 0.3) is 0 Å². The third-order valence-electron chi connectivity index (χ3n) is 3.82. The molecule has 0 unspecified atom stereocenters. The van der Waals surface area contributed by atoms with Crippen molar-refractivity contribution in [2.45, 2.75) is 20.4 Å². The number of nitrogens with one attached hydrogen (secondary N) is 2. The van der Waals surface area contributed by atoms with E-state index in [9.17, 15) is 4.39 Å². The minimum absolute atomic E-state index is 0.264. The van der Waals surface area contributed by atoms with Crippen LogP contribution in [0, 0.1) is 19.7 Å². The van der Waals surface area contributed by atoms with E-state index in [1.54, 1.807) is 22.9 Å². The number of hydrogen-bond donors (Lipinski definition) is 2. The van der Waals surface area contributed by atoms with Gasteiger partial charge in [0.25, 0.3) is 0 Å². The monoisotopic (exact) mass is 355 g/mol. The average Bonchev–Trinajstić information content (AvgIpc) is 3.00. The molecule has 5 nitrogen and oxygen atoms in total. The Morgan fingerprint density at radius 3 is 2.68 bits per heavy atom. The Labute approximate surface area is 150 Å². The zero-order valence-corrected chi connectivity index (χ0v) is 14.8. The summed E-state index contributed by atoms with van der Waals surface area (Å²) in [7, 11) is 0. The Morgan fingerprint density at radius 2 is 1.92 bits per heavy atom. The highest BCUT2D eigenvalue weighted by Crippen LogP contribution is 2.14. The number of aromatic nitrogens is 3. The van der Waals surface area contributed by atoms with E-state index in [4.69, 9.17) is 12.2 Å². The van der Waals surface area contributed by atoms with Gasteiger partial charge in [0.1, 0.15) is 12.1 Å². The van der Waals surface area contributed by atoms with Crippen LogP contribution >= 0.6 is 12.2 Å². The van der Waals surface area contributed by atoms with Gasteiger partial charge in [-0.3, -0.25) is 5.32 Å². The van der Waals surface area contributed by atoms with E-state index in [1.165, 1.54) is 23.5 Å². The Balaban J connectivity index is 1.61. The maximum Gasteiger partial charge on any atom is 0.248 e. The zero-order chi connectivity index (χ0) is 17.8. The molecule has 1 aromatic heterocycles. The van der Waals surface area contributed by atoms with Crippen LogP contribution in [-0.2, 0) is 6.54 Å². The molecule has 0 aliphatic rings. The first kappa shape index (κ1) is 17.0. The lowest BCUT2D eigenvalue weighted by atomic mass is 10.1. The van der Waals surface area contributed by atoms with Crippen LogP contribution in [-0.4, -0.2) is 19.9 Å². The molecule has 0 aliphatic carbocycles. The van der Waals surface area contributed by atoms with E-state index in [-0.39, 0.29) is 5.82 Å². The number of aryl methyl sites for hydroxylation is 2. The van der Waals surface area contributed by atoms with E-state index < -0.39 is 0 Å². The molecule has 0 fully saturated rings. The fourth-order valence-corrected chi connectivity index (χ4v) is 2.52. The molecule has 0 saturated heterocycles. The quantitative estimate of drug-likeness (QED) is 0.696. The van der Waals surface area contributed by atoms with Crippen LogP contribution in [0.5, 0.6) is 0 Å². The van der Waals surface area contributed by atoms with Gasteiger partial charge in [-0.2, -0.15) is 0 Å². The molecule has 0 radical (unpaired) electrons. The molecule has 7 heteroatoms. The van der Waals surface area contributed by atoms with Crippen molar-refractivity contribution < 1.29 is 4.39 Å². The molecule has 0 spiro atoms. The van der Waals surface area contributed by atoms with Gasteiger partial charge in [-0.1, -0.05) is 24.3 Å². The predicted molar refractivity (Wildman–Crippen MR) is 101 cm³/mol. The molecule has 128 valence electrons. The van der Waals surface area contributed by atoms with E-state index >= 15 is 0 Å². The summed E-state index contributed by atoms with van der Waals surface area (Å²) in [6.45, 7) is 4.41. The molecule has 3 aromatic rings. The summed E-state index contributed by atoms with van der Waals surface area (Å²) in [4.78, 5) is 4.15. The molecule has 2 aromatic carbocycles. The van der Waals surface area contributed by atoms with E-state index in [1.807, 2.05) is 25.1 Å². The van der Waals surface area contributed by atoms with Gasteiger partial charge in [0.15, 0.2) is 5.11 Å². The molecule has 3 rings (SSSR count). The smallest absolute Gasteiger partial charge is 0.248 e. The number of nitrogens with zero attached hydrogens (tertiary/aromatic N) is 3. The summed E-state index contributed by atoms with van der Waals surface area (Å²) >= 11 is 5.28. The lowest BCUT2D eigenvalue weighted by Gasteiger charge is -2.09. The number of hydrogen-bond acceptors (Lipinski definition) is 3. The Hall–Kier alpha value is -2.80. The van der Waals surface area contributed by atoms with Crippen LogP contribution in [0.2, 0.25) is 0 Å². The normalized spacial score (nSPS) is 10.5. The summed E-state index contributed by atoms with van der Waals surface area (Å²) in [5.74, 6) is 0.0945. The third kappa shape index (κ3) is 4.39. The van der Waals surface area contributed by atoms with Gasteiger partial charge in [-0.05, 0) is 55.4 Å². The Bertz CT molecular complexity index is 906. The molecule has 0 saturated carbocycles. The molecule has 1 heterocycles. The number of halogens is 1. The first-order valence-electron chi connectivity index (χ1n) is 7.79. The molecule has 0 amide bonds. The topological polar surface area (TPSA) is 54.8 Å². The second kappa shape index (κ2) is 7.40. The minimum Gasteiger partial charge on any atom is -0.332 e. The van der Waals surface area contributed by atoms with Crippen molar-refractivity contribution in [2.75, 3.05) is 10.6 Å². The molecule has 0 bridgehead atoms. The van der Waals surface area contributed by atoms with Crippen molar-refractivity contribution in [3.05, 3.63) is 71.3 Å². The van der Waals surface area contributed by atoms with Crippen molar-refractivity contribution in [3.63, 3.8) is 0 Å². The fourth-order valence-electron chi connectivity index (χ4n) is 2.31. The summed E-state index contributed by atoms with van der Waals surface area (Å²) in [5, 5.41) is 10.7. The second-order valence-electron chi connectivity index (χ2n) is 5.74. The third-order valence-corrected chi connectivity index (χ3v) is 4.02. The van der Waals surface area contributed by atoms with E-state index in [0.717, 1.165) is 5.69 Å². The molecule has 0 atom stereocenters. The van der Waals surface area contributed by atoms with Crippen molar-refractivity contribution in [1.82, 2.24) is 14.8 Å². The first-order chi connectivity index (χ1) is 12.0. The summed E-state index contributed by atoms with van der Waals surface area (Å²) < 4.78 is 15.2. The largest absolute Gasteiger partial charge is 0.332 e. The number of thiocarbonyl (C=S) groups is 1. The van der Waals surface area contributed by atoms with Crippen molar-refractivity contribution in [1.29, 1.82) is 0 Å². The Morgan fingerprint density at radius 1 is 1.12 bits per heavy atom. The summed E-state index contributed by atoms with van der Waals surface area (Å²) in [6, 6.07) is 12.6. The van der Waals surface area contributed by atoms with Crippen LogP contribution in [0.4, 0.5) is 16.0 Å². The van der Waals surface area contributed by atoms with Gasteiger partial charge >= 0.3 is 0 Å². The van der Waals surface area contributed by atoms with Gasteiger partial charge < -0.3 is 5.32 Å². The molecule has 2 N–H and O–H groups in total.